The Morgan fingerprint density at radius 2 is 1.90 bits per heavy atom. The lowest BCUT2D eigenvalue weighted by atomic mass is 9.97. The largest absolute Gasteiger partial charge is 0.393 e. The van der Waals surface area contributed by atoms with Gasteiger partial charge in [0.1, 0.15) is 0 Å². The van der Waals surface area contributed by atoms with Gasteiger partial charge in [-0.1, -0.05) is 56.4 Å². The Morgan fingerprint density at radius 3 is 2.35 bits per heavy atom. The number of nitrogens with zero attached hydrogens (tertiary/aromatic N) is 1. The van der Waals surface area contributed by atoms with Crippen molar-refractivity contribution in [3.8, 4) is 0 Å². The molecule has 20 heavy (non-hydrogen) atoms. The molecule has 0 aliphatic heterocycles. The van der Waals surface area contributed by atoms with E-state index < -0.39 is 5.92 Å². The normalized spacial score (nSPS) is 12.2. The van der Waals surface area contributed by atoms with Crippen molar-refractivity contribution < 1.29 is 4.79 Å². The van der Waals surface area contributed by atoms with Crippen LogP contribution < -0.4 is 5.73 Å². The molecule has 3 nitrogen and oxygen atoms in total. The molecule has 1 aromatic rings. The lowest BCUT2D eigenvalue weighted by Crippen LogP contribution is -2.43. The quantitative estimate of drug-likeness (QED) is 0.786. The zero-order chi connectivity index (χ0) is 15.1. The Kier molecular flexibility index (Phi) is 6.65. The topological polar surface area (TPSA) is 46.3 Å². The van der Waals surface area contributed by atoms with Gasteiger partial charge in [-0.2, -0.15) is 0 Å². The van der Waals surface area contributed by atoms with E-state index in [9.17, 15) is 4.79 Å². The fraction of sp³-hybridized carbons (Fsp3) is 0.500. The van der Waals surface area contributed by atoms with Gasteiger partial charge in [0.2, 0.25) is 5.91 Å². The zero-order valence-electron chi connectivity index (χ0n) is 12.5. The molecule has 1 unspecified atom stereocenters. The van der Waals surface area contributed by atoms with Crippen LogP contribution in [0.15, 0.2) is 30.3 Å². The van der Waals surface area contributed by atoms with Crippen LogP contribution in [0.1, 0.15) is 26.3 Å². The van der Waals surface area contributed by atoms with Gasteiger partial charge in [0, 0.05) is 13.1 Å². The van der Waals surface area contributed by atoms with Crippen molar-refractivity contribution in [1.29, 1.82) is 0 Å². The summed E-state index contributed by atoms with van der Waals surface area (Å²) in [7, 11) is 0. The molecule has 0 heterocycles. The Morgan fingerprint density at radius 1 is 1.30 bits per heavy atom. The molecule has 1 aromatic carbocycles. The van der Waals surface area contributed by atoms with Gasteiger partial charge in [-0.25, -0.2) is 0 Å². The van der Waals surface area contributed by atoms with E-state index in [1.807, 2.05) is 42.2 Å². The number of hydrogen-bond acceptors (Lipinski definition) is 2. The summed E-state index contributed by atoms with van der Waals surface area (Å²) in [4.78, 5) is 14.7. The van der Waals surface area contributed by atoms with Crippen LogP contribution in [0.3, 0.4) is 0 Å². The Balaban J connectivity index is 2.84. The number of hydrogen-bond donors (Lipinski definition) is 1. The maximum absolute atomic E-state index is 12.6. The minimum Gasteiger partial charge on any atom is -0.393 e. The van der Waals surface area contributed by atoms with Crippen LogP contribution in [0.25, 0.3) is 0 Å². The predicted molar refractivity (Wildman–Crippen MR) is 87.5 cm³/mol. The third-order valence-corrected chi connectivity index (χ3v) is 3.49. The lowest BCUT2D eigenvalue weighted by Gasteiger charge is -2.27. The van der Waals surface area contributed by atoms with Crippen LogP contribution in [-0.4, -0.2) is 28.9 Å². The molecule has 2 N–H and O–H groups in total. The molecule has 1 atom stereocenters. The second-order valence-corrected chi connectivity index (χ2v) is 5.89. The number of carbonyl (C=O) groups excluding carboxylic acids is 1. The molecule has 0 aliphatic carbocycles. The van der Waals surface area contributed by atoms with Crippen molar-refractivity contribution in [2.24, 2.45) is 17.6 Å². The van der Waals surface area contributed by atoms with Crippen LogP contribution in [0.2, 0.25) is 0 Å². The van der Waals surface area contributed by atoms with E-state index in [-0.39, 0.29) is 10.9 Å². The van der Waals surface area contributed by atoms with Crippen molar-refractivity contribution in [1.82, 2.24) is 4.90 Å². The van der Waals surface area contributed by atoms with Crippen LogP contribution in [0, 0.1) is 11.8 Å². The number of carbonyl (C=O) groups is 1. The molecule has 1 rings (SSSR count). The average molecular weight is 292 g/mol. The molecular weight excluding hydrogens is 268 g/mol. The fourth-order valence-electron chi connectivity index (χ4n) is 2.20. The number of rotatable bonds is 7. The molecule has 1 amide bonds. The highest BCUT2D eigenvalue weighted by Gasteiger charge is 2.26. The summed E-state index contributed by atoms with van der Waals surface area (Å²) in [5.74, 6) is 0.0614. The third-order valence-electron chi connectivity index (χ3n) is 3.20. The van der Waals surface area contributed by atoms with Gasteiger partial charge >= 0.3 is 0 Å². The van der Waals surface area contributed by atoms with Crippen molar-refractivity contribution in [2.45, 2.75) is 27.2 Å². The first-order valence-electron chi connectivity index (χ1n) is 7.07. The van der Waals surface area contributed by atoms with Gasteiger partial charge in [0.25, 0.3) is 0 Å². The average Bonchev–Trinajstić information content (AvgIpc) is 2.42. The smallest absolute Gasteiger partial charge is 0.232 e. The first-order valence-corrected chi connectivity index (χ1v) is 7.48. The number of benzene rings is 1. The van der Waals surface area contributed by atoms with Gasteiger partial charge in [-0.05, 0) is 24.8 Å². The van der Waals surface area contributed by atoms with E-state index in [1.54, 1.807) is 0 Å². The summed E-state index contributed by atoms with van der Waals surface area (Å²) in [6.07, 6.45) is 0.573. The van der Waals surface area contributed by atoms with Gasteiger partial charge < -0.3 is 10.6 Å². The van der Waals surface area contributed by atoms with Crippen molar-refractivity contribution in [3.05, 3.63) is 35.9 Å². The van der Waals surface area contributed by atoms with Crippen molar-refractivity contribution in [3.63, 3.8) is 0 Å². The molecule has 4 heteroatoms. The minimum atomic E-state index is -0.411. The van der Waals surface area contributed by atoms with Gasteiger partial charge in [0.05, 0.1) is 10.9 Å². The molecule has 0 aromatic heterocycles. The van der Waals surface area contributed by atoms with Crippen LogP contribution in [0.4, 0.5) is 0 Å². The maximum atomic E-state index is 12.6. The summed E-state index contributed by atoms with van der Waals surface area (Å²) in [5.41, 5.74) is 6.88. The van der Waals surface area contributed by atoms with Crippen LogP contribution in [-0.2, 0) is 11.2 Å². The maximum Gasteiger partial charge on any atom is 0.232 e. The summed E-state index contributed by atoms with van der Waals surface area (Å²) in [6, 6.07) is 9.87. The SMILES string of the molecule is CCN(CC(C)C)C(=O)C(Cc1ccccc1)C(N)=S. The van der Waals surface area contributed by atoms with Crippen LogP contribution in [0.5, 0.6) is 0 Å². The number of amides is 1. The van der Waals surface area contributed by atoms with E-state index in [0.29, 0.717) is 18.9 Å². The Labute approximate surface area is 127 Å². The highest BCUT2D eigenvalue weighted by atomic mass is 32.1. The zero-order valence-corrected chi connectivity index (χ0v) is 13.3. The lowest BCUT2D eigenvalue weighted by molar-refractivity contribution is -0.133. The molecule has 0 aliphatic rings. The fourth-order valence-corrected chi connectivity index (χ4v) is 2.38. The van der Waals surface area contributed by atoms with Crippen LogP contribution >= 0.6 is 12.2 Å². The van der Waals surface area contributed by atoms with E-state index in [1.165, 1.54) is 0 Å². The molecule has 0 saturated carbocycles. The standard InChI is InChI=1S/C16H24N2OS/c1-4-18(11-12(2)3)16(19)14(15(17)20)10-13-8-6-5-7-9-13/h5-9,12,14H,4,10-11H2,1-3H3,(H2,17,20). The van der Waals surface area contributed by atoms with Gasteiger partial charge in [-0.15, -0.1) is 0 Å². The molecular formula is C16H24N2OS. The molecule has 110 valence electrons. The van der Waals surface area contributed by atoms with E-state index in [0.717, 1.165) is 12.1 Å². The molecule has 0 saturated heterocycles. The molecule has 0 spiro atoms. The van der Waals surface area contributed by atoms with E-state index >= 15 is 0 Å². The summed E-state index contributed by atoms with van der Waals surface area (Å²) in [5, 5.41) is 0. The Bertz CT molecular complexity index is 445. The predicted octanol–water partition coefficient (Wildman–Crippen LogP) is 2.64. The number of thiocarbonyl (C=S) groups is 1. The minimum absolute atomic E-state index is 0.0394. The third kappa shape index (κ3) is 4.93. The first kappa shape index (κ1) is 16.6. The highest BCUT2D eigenvalue weighted by Crippen LogP contribution is 2.14. The Hall–Kier alpha value is -1.42. The van der Waals surface area contributed by atoms with Crippen molar-refractivity contribution in [2.75, 3.05) is 13.1 Å². The summed E-state index contributed by atoms with van der Waals surface area (Å²) >= 11 is 5.10. The van der Waals surface area contributed by atoms with Gasteiger partial charge in [-0.3, -0.25) is 4.79 Å². The summed E-state index contributed by atoms with van der Waals surface area (Å²) in [6.45, 7) is 7.61. The monoisotopic (exact) mass is 292 g/mol. The van der Waals surface area contributed by atoms with E-state index in [4.69, 9.17) is 18.0 Å². The number of nitrogens with two attached hydrogens (primary N) is 1. The first-order chi connectivity index (χ1) is 9.45. The van der Waals surface area contributed by atoms with Crippen molar-refractivity contribution >= 4 is 23.1 Å². The molecule has 0 bridgehead atoms. The highest BCUT2D eigenvalue weighted by molar-refractivity contribution is 7.80. The summed E-state index contributed by atoms with van der Waals surface area (Å²) < 4.78 is 0. The molecule has 0 radical (unpaired) electrons. The second-order valence-electron chi connectivity index (χ2n) is 5.42. The van der Waals surface area contributed by atoms with E-state index in [2.05, 4.69) is 13.8 Å². The molecule has 0 fully saturated rings. The van der Waals surface area contributed by atoms with Gasteiger partial charge in [0.15, 0.2) is 0 Å². The second kappa shape index (κ2) is 8.00.